The van der Waals surface area contributed by atoms with Crippen molar-refractivity contribution in [1.29, 1.82) is 0 Å². The van der Waals surface area contributed by atoms with Gasteiger partial charge in [0.25, 0.3) is 0 Å². The summed E-state index contributed by atoms with van der Waals surface area (Å²) in [5, 5.41) is 10.3. The summed E-state index contributed by atoms with van der Waals surface area (Å²) in [6.45, 7) is 0.591. The number of aromatic nitrogens is 2. The van der Waals surface area contributed by atoms with E-state index >= 15 is 0 Å². The molecular formula is C11H19N5O. The number of nitrogens with two attached hydrogens (primary N) is 1. The van der Waals surface area contributed by atoms with Crippen molar-refractivity contribution >= 4 is 11.8 Å². The molecule has 0 aromatic carbocycles. The van der Waals surface area contributed by atoms with Crippen LogP contribution >= 0.6 is 0 Å². The Hall–Kier alpha value is -1.40. The van der Waals surface area contributed by atoms with Crippen molar-refractivity contribution in [1.82, 2.24) is 9.97 Å². The minimum absolute atomic E-state index is 0.382. The number of nitrogens with zero attached hydrogens (tertiary/aromatic N) is 3. The van der Waals surface area contributed by atoms with Crippen LogP contribution in [-0.2, 0) is 0 Å². The summed E-state index contributed by atoms with van der Waals surface area (Å²) < 4.78 is 0. The van der Waals surface area contributed by atoms with Crippen LogP contribution in [0.3, 0.4) is 0 Å². The zero-order chi connectivity index (χ0) is 12.3. The van der Waals surface area contributed by atoms with Crippen molar-refractivity contribution < 1.29 is 5.11 Å². The van der Waals surface area contributed by atoms with Gasteiger partial charge in [-0.1, -0.05) is 12.8 Å². The van der Waals surface area contributed by atoms with Crippen LogP contribution in [0.15, 0.2) is 12.3 Å². The molecule has 1 aliphatic carbocycles. The van der Waals surface area contributed by atoms with Crippen LogP contribution in [0.1, 0.15) is 25.7 Å². The average molecular weight is 237 g/mol. The molecule has 0 unspecified atom stereocenters. The van der Waals surface area contributed by atoms with E-state index in [0.29, 0.717) is 12.5 Å². The molecule has 1 aliphatic rings. The van der Waals surface area contributed by atoms with Crippen LogP contribution in [0.5, 0.6) is 0 Å². The van der Waals surface area contributed by atoms with Crippen molar-refractivity contribution in [2.24, 2.45) is 5.84 Å². The number of hydrogen-bond acceptors (Lipinski definition) is 6. The summed E-state index contributed by atoms with van der Waals surface area (Å²) >= 11 is 0. The third kappa shape index (κ3) is 2.83. The molecule has 17 heavy (non-hydrogen) atoms. The van der Waals surface area contributed by atoms with Crippen molar-refractivity contribution in [2.75, 3.05) is 23.9 Å². The fraction of sp³-hybridized carbons (Fsp3) is 0.636. The standard InChI is InChI=1S/C11H19N5O/c1-16(8-11(17)5-2-3-6-11)9-4-7-13-10(14-9)15-12/h4,7,17H,2-3,5-6,8,12H2,1H3,(H,13,14,15). The zero-order valence-electron chi connectivity index (χ0n) is 10.1. The molecule has 0 atom stereocenters. The molecule has 4 N–H and O–H groups in total. The summed E-state index contributed by atoms with van der Waals surface area (Å²) in [4.78, 5) is 10.1. The number of hydrogen-bond donors (Lipinski definition) is 3. The van der Waals surface area contributed by atoms with E-state index in [4.69, 9.17) is 5.84 Å². The van der Waals surface area contributed by atoms with Crippen molar-refractivity contribution in [2.45, 2.75) is 31.3 Å². The molecule has 2 rings (SSSR count). The number of nitrogens with one attached hydrogen (secondary N) is 1. The molecule has 6 nitrogen and oxygen atoms in total. The minimum Gasteiger partial charge on any atom is -0.388 e. The lowest BCUT2D eigenvalue weighted by molar-refractivity contribution is 0.0558. The van der Waals surface area contributed by atoms with Crippen LogP contribution < -0.4 is 16.2 Å². The zero-order valence-corrected chi connectivity index (χ0v) is 10.1. The Kier molecular flexibility index (Phi) is 3.44. The molecular weight excluding hydrogens is 218 g/mol. The van der Waals surface area contributed by atoms with Gasteiger partial charge in [-0.05, 0) is 18.9 Å². The number of aliphatic hydroxyl groups is 1. The number of likely N-dealkylation sites (N-methyl/N-ethyl adjacent to an activating group) is 1. The Bertz CT molecular complexity index is 378. The lowest BCUT2D eigenvalue weighted by Gasteiger charge is -2.29. The van der Waals surface area contributed by atoms with Crippen LogP contribution in [0, 0.1) is 0 Å². The Morgan fingerprint density at radius 2 is 2.24 bits per heavy atom. The van der Waals surface area contributed by atoms with Gasteiger partial charge >= 0.3 is 0 Å². The van der Waals surface area contributed by atoms with E-state index in [9.17, 15) is 5.11 Å². The highest BCUT2D eigenvalue weighted by Gasteiger charge is 2.32. The molecule has 0 spiro atoms. The highest BCUT2D eigenvalue weighted by Crippen LogP contribution is 2.30. The second kappa shape index (κ2) is 4.85. The van der Waals surface area contributed by atoms with Gasteiger partial charge < -0.3 is 10.0 Å². The normalized spacial score (nSPS) is 18.1. The van der Waals surface area contributed by atoms with Crippen molar-refractivity contribution in [3.8, 4) is 0 Å². The number of rotatable bonds is 4. The molecule has 94 valence electrons. The largest absolute Gasteiger partial charge is 0.388 e. The summed E-state index contributed by atoms with van der Waals surface area (Å²) in [5.41, 5.74) is 1.84. The maximum absolute atomic E-state index is 10.3. The van der Waals surface area contributed by atoms with Crippen molar-refractivity contribution in [3.63, 3.8) is 0 Å². The third-order valence-electron chi connectivity index (χ3n) is 3.23. The third-order valence-corrected chi connectivity index (χ3v) is 3.23. The summed E-state index contributed by atoms with van der Waals surface area (Å²) in [7, 11) is 1.92. The van der Waals surface area contributed by atoms with Gasteiger partial charge in [-0.3, -0.25) is 5.43 Å². The average Bonchev–Trinajstić information content (AvgIpc) is 2.76. The van der Waals surface area contributed by atoms with Crippen LogP contribution in [0.4, 0.5) is 11.8 Å². The first-order chi connectivity index (χ1) is 8.13. The fourth-order valence-electron chi connectivity index (χ4n) is 2.35. The summed E-state index contributed by atoms with van der Waals surface area (Å²) in [6.07, 6.45) is 5.58. The lowest BCUT2D eigenvalue weighted by atomic mass is 10.0. The molecule has 0 radical (unpaired) electrons. The number of hydrazine groups is 1. The van der Waals surface area contributed by atoms with Gasteiger partial charge in [-0.25, -0.2) is 10.8 Å². The van der Waals surface area contributed by atoms with E-state index in [1.54, 1.807) is 12.3 Å². The second-order valence-electron chi connectivity index (χ2n) is 4.67. The highest BCUT2D eigenvalue weighted by atomic mass is 16.3. The molecule has 1 heterocycles. The fourth-order valence-corrected chi connectivity index (χ4v) is 2.35. The van der Waals surface area contributed by atoms with E-state index < -0.39 is 5.60 Å². The molecule has 1 aromatic heterocycles. The molecule has 1 fully saturated rings. The molecule has 0 bridgehead atoms. The van der Waals surface area contributed by atoms with E-state index in [0.717, 1.165) is 31.5 Å². The first-order valence-corrected chi connectivity index (χ1v) is 5.86. The van der Waals surface area contributed by atoms with Crippen LogP contribution in [-0.4, -0.2) is 34.3 Å². The van der Waals surface area contributed by atoms with Gasteiger partial charge in [0.05, 0.1) is 5.60 Å². The minimum atomic E-state index is -0.573. The molecule has 0 saturated heterocycles. The van der Waals surface area contributed by atoms with Gasteiger partial charge in [0, 0.05) is 19.8 Å². The summed E-state index contributed by atoms with van der Waals surface area (Å²) in [5.74, 6) is 6.41. The first-order valence-electron chi connectivity index (χ1n) is 5.86. The predicted octanol–water partition coefficient (Wildman–Crippen LogP) is 0.503. The molecule has 6 heteroatoms. The van der Waals surface area contributed by atoms with Crippen LogP contribution in [0.2, 0.25) is 0 Å². The Morgan fingerprint density at radius 3 is 2.88 bits per heavy atom. The molecule has 0 aliphatic heterocycles. The smallest absolute Gasteiger partial charge is 0.239 e. The lowest BCUT2D eigenvalue weighted by Crippen LogP contribution is -2.39. The van der Waals surface area contributed by atoms with E-state index in [1.165, 1.54) is 0 Å². The predicted molar refractivity (Wildman–Crippen MR) is 66.5 cm³/mol. The van der Waals surface area contributed by atoms with Crippen molar-refractivity contribution in [3.05, 3.63) is 12.3 Å². The maximum Gasteiger partial charge on any atom is 0.239 e. The van der Waals surface area contributed by atoms with Gasteiger partial charge in [-0.2, -0.15) is 4.98 Å². The molecule has 0 amide bonds. The molecule has 1 aromatic rings. The summed E-state index contributed by atoms with van der Waals surface area (Å²) in [6, 6.07) is 1.80. The Labute approximate surface area is 101 Å². The monoisotopic (exact) mass is 237 g/mol. The van der Waals surface area contributed by atoms with Gasteiger partial charge in [0.2, 0.25) is 5.95 Å². The van der Waals surface area contributed by atoms with Gasteiger partial charge in [0.1, 0.15) is 5.82 Å². The van der Waals surface area contributed by atoms with Gasteiger partial charge in [-0.15, -0.1) is 0 Å². The molecule has 1 saturated carbocycles. The number of anilines is 2. The number of nitrogen functional groups attached to an aromatic ring is 1. The second-order valence-corrected chi connectivity index (χ2v) is 4.67. The Morgan fingerprint density at radius 1 is 1.53 bits per heavy atom. The SMILES string of the molecule is CN(CC1(O)CCCC1)c1ccnc(NN)n1. The van der Waals surface area contributed by atoms with E-state index in [2.05, 4.69) is 15.4 Å². The van der Waals surface area contributed by atoms with E-state index in [-0.39, 0.29) is 0 Å². The topological polar surface area (TPSA) is 87.3 Å². The maximum atomic E-state index is 10.3. The quantitative estimate of drug-likeness (QED) is 0.522. The highest BCUT2D eigenvalue weighted by molar-refractivity contribution is 5.41. The van der Waals surface area contributed by atoms with E-state index in [1.807, 2.05) is 11.9 Å². The van der Waals surface area contributed by atoms with Gasteiger partial charge in [0.15, 0.2) is 0 Å². The Balaban J connectivity index is 2.05. The first kappa shape index (κ1) is 12.1. The van der Waals surface area contributed by atoms with Crippen LogP contribution in [0.25, 0.3) is 0 Å².